The van der Waals surface area contributed by atoms with Gasteiger partial charge in [-0.2, -0.15) is 0 Å². The van der Waals surface area contributed by atoms with E-state index < -0.39 is 0 Å². The largest absolute Gasteiger partial charge is 0.370 e. The molecule has 0 N–H and O–H groups in total. The Balaban J connectivity index is 2.20. The number of aryl methyl sites for hydroxylation is 1. The van der Waals surface area contributed by atoms with Crippen LogP contribution in [0.5, 0.6) is 0 Å². The molecule has 0 aliphatic carbocycles. The van der Waals surface area contributed by atoms with E-state index in [2.05, 4.69) is 22.9 Å². The van der Waals surface area contributed by atoms with Crippen LogP contribution in [0.25, 0.3) is 0 Å². The molecule has 0 radical (unpaired) electrons. The van der Waals surface area contributed by atoms with Crippen LogP contribution in [-0.2, 0) is 6.42 Å². The van der Waals surface area contributed by atoms with Gasteiger partial charge in [-0.25, -0.2) is 0 Å². The summed E-state index contributed by atoms with van der Waals surface area (Å²) in [5, 5.41) is 0. The van der Waals surface area contributed by atoms with Gasteiger partial charge in [0.05, 0.1) is 11.4 Å². The van der Waals surface area contributed by atoms with Gasteiger partial charge in [-0.1, -0.05) is 6.92 Å². The topological polar surface area (TPSA) is 16.1 Å². The molecule has 2 heteroatoms. The van der Waals surface area contributed by atoms with Gasteiger partial charge >= 0.3 is 0 Å². The Hall–Kier alpha value is -1.05. The summed E-state index contributed by atoms with van der Waals surface area (Å²) in [5.41, 5.74) is 2.60. The molecule has 0 atom stereocenters. The van der Waals surface area contributed by atoms with Gasteiger partial charge in [0.25, 0.3) is 0 Å². The lowest BCUT2D eigenvalue weighted by atomic mass is 10.1. The van der Waals surface area contributed by atoms with Crippen molar-refractivity contribution < 1.29 is 0 Å². The highest BCUT2D eigenvalue weighted by atomic mass is 15.1. The summed E-state index contributed by atoms with van der Waals surface area (Å²) in [6.45, 7) is 4.59. The van der Waals surface area contributed by atoms with Gasteiger partial charge in [-0.05, 0) is 37.8 Å². The summed E-state index contributed by atoms with van der Waals surface area (Å²) in [7, 11) is 0. The summed E-state index contributed by atoms with van der Waals surface area (Å²) >= 11 is 0. The second kappa shape index (κ2) is 4.45. The highest BCUT2D eigenvalue weighted by molar-refractivity contribution is 5.50. The second-order valence-electron chi connectivity index (χ2n) is 3.87. The second-order valence-corrected chi connectivity index (χ2v) is 3.87. The number of pyridine rings is 1. The first-order chi connectivity index (χ1) is 6.92. The zero-order chi connectivity index (χ0) is 9.80. The molecule has 1 fully saturated rings. The normalized spacial score (nSPS) is 17.1. The fourth-order valence-electron chi connectivity index (χ4n) is 2.12. The highest BCUT2D eigenvalue weighted by Gasteiger charge is 2.13. The van der Waals surface area contributed by atoms with E-state index in [0.29, 0.717) is 0 Å². The van der Waals surface area contributed by atoms with E-state index in [1.54, 1.807) is 0 Å². The van der Waals surface area contributed by atoms with Crippen LogP contribution in [0.2, 0.25) is 0 Å². The van der Waals surface area contributed by atoms with Gasteiger partial charge < -0.3 is 4.90 Å². The third-order valence-corrected chi connectivity index (χ3v) is 2.90. The molecule has 1 saturated heterocycles. The lowest BCUT2D eigenvalue weighted by molar-refractivity contribution is 0.575. The monoisotopic (exact) mass is 190 g/mol. The summed E-state index contributed by atoms with van der Waals surface area (Å²) < 4.78 is 0. The maximum absolute atomic E-state index is 4.43. The van der Waals surface area contributed by atoms with Crippen molar-refractivity contribution >= 4 is 5.69 Å². The van der Waals surface area contributed by atoms with Crippen LogP contribution in [0, 0.1) is 0 Å². The fourth-order valence-corrected chi connectivity index (χ4v) is 2.12. The van der Waals surface area contributed by atoms with E-state index in [-0.39, 0.29) is 0 Å². The van der Waals surface area contributed by atoms with Crippen molar-refractivity contribution in [3.05, 3.63) is 24.0 Å². The van der Waals surface area contributed by atoms with Gasteiger partial charge in [0.1, 0.15) is 0 Å². The first kappa shape index (κ1) is 9.50. The zero-order valence-corrected chi connectivity index (χ0v) is 8.87. The molecule has 0 aromatic carbocycles. The van der Waals surface area contributed by atoms with Crippen LogP contribution in [0.3, 0.4) is 0 Å². The van der Waals surface area contributed by atoms with Crippen molar-refractivity contribution in [1.29, 1.82) is 0 Å². The van der Waals surface area contributed by atoms with Crippen molar-refractivity contribution in [3.8, 4) is 0 Å². The number of hydrogen-bond donors (Lipinski definition) is 0. The highest BCUT2D eigenvalue weighted by Crippen LogP contribution is 2.22. The molecule has 1 aromatic rings. The van der Waals surface area contributed by atoms with Crippen molar-refractivity contribution in [2.24, 2.45) is 0 Å². The number of rotatable bonds is 2. The molecule has 0 bridgehead atoms. The fraction of sp³-hybridized carbons (Fsp3) is 0.583. The summed E-state index contributed by atoms with van der Waals surface area (Å²) in [5.74, 6) is 0. The summed E-state index contributed by atoms with van der Waals surface area (Å²) in [6.07, 6.45) is 6.98. The molecule has 1 aliphatic rings. The molecule has 0 saturated carbocycles. The van der Waals surface area contributed by atoms with E-state index in [1.165, 1.54) is 43.7 Å². The molecule has 0 amide bonds. The number of nitrogens with zero attached hydrogens (tertiary/aromatic N) is 2. The number of piperidine rings is 1. The van der Waals surface area contributed by atoms with Gasteiger partial charge in [-0.3, -0.25) is 4.98 Å². The Labute approximate surface area is 86.0 Å². The van der Waals surface area contributed by atoms with Crippen molar-refractivity contribution in [1.82, 2.24) is 4.98 Å². The summed E-state index contributed by atoms with van der Waals surface area (Å²) in [4.78, 5) is 6.91. The zero-order valence-electron chi connectivity index (χ0n) is 8.87. The van der Waals surface area contributed by atoms with Gasteiger partial charge in [0.2, 0.25) is 0 Å². The molecule has 0 spiro atoms. The minimum atomic E-state index is 1.03. The first-order valence-corrected chi connectivity index (χ1v) is 5.60. The summed E-state index contributed by atoms with van der Waals surface area (Å²) in [6, 6.07) is 4.25. The Morgan fingerprint density at radius 2 is 2.07 bits per heavy atom. The molecule has 0 unspecified atom stereocenters. The van der Waals surface area contributed by atoms with E-state index >= 15 is 0 Å². The standard InChI is InChI=1S/C12H18N2/c1-2-11-12(7-6-8-13-11)14-9-4-3-5-10-14/h6-8H,2-5,9-10H2,1H3. The van der Waals surface area contributed by atoms with Crippen molar-refractivity contribution in [2.45, 2.75) is 32.6 Å². The van der Waals surface area contributed by atoms with E-state index in [1.807, 2.05) is 12.3 Å². The van der Waals surface area contributed by atoms with E-state index in [9.17, 15) is 0 Å². The predicted octanol–water partition coefficient (Wildman–Crippen LogP) is 2.63. The Bertz CT molecular complexity index is 290. The van der Waals surface area contributed by atoms with Crippen LogP contribution in [0.1, 0.15) is 31.9 Å². The molecule has 2 heterocycles. The predicted molar refractivity (Wildman–Crippen MR) is 59.7 cm³/mol. The minimum Gasteiger partial charge on any atom is -0.370 e. The van der Waals surface area contributed by atoms with Gasteiger partial charge in [0.15, 0.2) is 0 Å². The maximum atomic E-state index is 4.43. The third kappa shape index (κ3) is 1.89. The molecular formula is C12H18N2. The molecular weight excluding hydrogens is 172 g/mol. The average Bonchev–Trinajstić information content (AvgIpc) is 2.30. The van der Waals surface area contributed by atoms with Crippen molar-refractivity contribution in [2.75, 3.05) is 18.0 Å². The molecule has 1 aromatic heterocycles. The number of anilines is 1. The molecule has 2 rings (SSSR count). The first-order valence-electron chi connectivity index (χ1n) is 5.60. The van der Waals surface area contributed by atoms with Crippen LogP contribution in [0.4, 0.5) is 5.69 Å². The quantitative estimate of drug-likeness (QED) is 0.712. The Kier molecular flexibility index (Phi) is 3.02. The van der Waals surface area contributed by atoms with Crippen LogP contribution in [-0.4, -0.2) is 18.1 Å². The van der Waals surface area contributed by atoms with E-state index in [0.717, 1.165) is 6.42 Å². The van der Waals surface area contributed by atoms with Crippen LogP contribution in [0.15, 0.2) is 18.3 Å². The van der Waals surface area contributed by atoms with Gasteiger partial charge in [0, 0.05) is 19.3 Å². The van der Waals surface area contributed by atoms with Crippen molar-refractivity contribution in [3.63, 3.8) is 0 Å². The smallest absolute Gasteiger partial charge is 0.0633 e. The molecule has 14 heavy (non-hydrogen) atoms. The lowest BCUT2D eigenvalue weighted by Crippen LogP contribution is -2.30. The SMILES string of the molecule is CCc1ncccc1N1CCCCC1. The number of hydrogen-bond acceptors (Lipinski definition) is 2. The van der Waals surface area contributed by atoms with Gasteiger partial charge in [-0.15, -0.1) is 0 Å². The third-order valence-electron chi connectivity index (χ3n) is 2.90. The minimum absolute atomic E-state index is 1.03. The Morgan fingerprint density at radius 1 is 1.29 bits per heavy atom. The Morgan fingerprint density at radius 3 is 2.79 bits per heavy atom. The van der Waals surface area contributed by atoms with E-state index in [4.69, 9.17) is 0 Å². The van der Waals surface area contributed by atoms with Crippen LogP contribution < -0.4 is 4.90 Å². The molecule has 76 valence electrons. The average molecular weight is 190 g/mol. The maximum Gasteiger partial charge on any atom is 0.0633 e. The molecule has 2 nitrogen and oxygen atoms in total. The molecule has 1 aliphatic heterocycles. The van der Waals surface area contributed by atoms with Crippen LogP contribution >= 0.6 is 0 Å². The lowest BCUT2D eigenvalue weighted by Gasteiger charge is -2.29. The number of aromatic nitrogens is 1.